The fourth-order valence-corrected chi connectivity index (χ4v) is 2.39. The van der Waals surface area contributed by atoms with Crippen LogP contribution in [0, 0.1) is 0 Å². The molecule has 1 N–H and O–H groups in total. The quantitative estimate of drug-likeness (QED) is 0.871. The second kappa shape index (κ2) is 5.20. The zero-order valence-electron chi connectivity index (χ0n) is 10.4. The number of nitrogens with zero attached hydrogens (tertiary/aromatic N) is 3. The Morgan fingerprint density at radius 2 is 2.17 bits per heavy atom. The van der Waals surface area contributed by atoms with Crippen molar-refractivity contribution in [3.8, 4) is 0 Å². The summed E-state index contributed by atoms with van der Waals surface area (Å²) in [7, 11) is 1.49. The molecule has 0 aliphatic heterocycles. The first-order valence-corrected chi connectivity index (χ1v) is 6.10. The topological polar surface area (TPSA) is 75.4 Å². The predicted octanol–water partition coefficient (Wildman–Crippen LogP) is 1.15. The van der Waals surface area contributed by atoms with E-state index in [0.29, 0.717) is 5.69 Å². The van der Waals surface area contributed by atoms with Crippen LogP contribution in [-0.4, -0.2) is 45.3 Å². The van der Waals surface area contributed by atoms with Gasteiger partial charge in [0.05, 0.1) is 6.04 Å². The third-order valence-corrected chi connectivity index (χ3v) is 3.28. The van der Waals surface area contributed by atoms with E-state index in [2.05, 4.69) is 5.10 Å². The lowest BCUT2D eigenvalue weighted by atomic mass is 10.2. The van der Waals surface area contributed by atoms with Crippen LogP contribution >= 0.6 is 0 Å². The first-order chi connectivity index (χ1) is 8.59. The summed E-state index contributed by atoms with van der Waals surface area (Å²) in [6.45, 7) is -0.297. The lowest BCUT2D eigenvalue weighted by molar-refractivity contribution is -0.137. The van der Waals surface area contributed by atoms with E-state index in [-0.39, 0.29) is 18.5 Å². The molecule has 6 nitrogen and oxygen atoms in total. The van der Waals surface area contributed by atoms with Gasteiger partial charge in [-0.3, -0.25) is 14.3 Å². The lowest BCUT2D eigenvalue weighted by Crippen LogP contribution is -2.33. The van der Waals surface area contributed by atoms with Crippen molar-refractivity contribution >= 4 is 11.9 Å². The Balaban J connectivity index is 2.15. The van der Waals surface area contributed by atoms with Crippen LogP contribution in [-0.2, 0) is 4.79 Å². The van der Waals surface area contributed by atoms with E-state index < -0.39 is 5.97 Å². The maximum atomic E-state index is 12.1. The normalized spacial score (nSPS) is 15.8. The Labute approximate surface area is 105 Å². The summed E-state index contributed by atoms with van der Waals surface area (Å²) in [6.07, 6.45) is 5.97. The molecule has 0 radical (unpaired) electrons. The minimum atomic E-state index is -1.02. The Morgan fingerprint density at radius 3 is 2.78 bits per heavy atom. The van der Waals surface area contributed by atoms with Gasteiger partial charge in [-0.15, -0.1) is 0 Å². The molecule has 18 heavy (non-hydrogen) atoms. The molecule has 6 heteroatoms. The van der Waals surface area contributed by atoms with E-state index in [1.54, 1.807) is 16.9 Å². The monoisotopic (exact) mass is 251 g/mol. The van der Waals surface area contributed by atoms with Crippen molar-refractivity contribution < 1.29 is 14.7 Å². The maximum absolute atomic E-state index is 12.1. The third kappa shape index (κ3) is 2.52. The number of amides is 1. The molecule has 98 valence electrons. The fourth-order valence-electron chi connectivity index (χ4n) is 2.39. The first kappa shape index (κ1) is 12.6. The SMILES string of the molecule is CN(CC(=O)O)C(=O)c1ccnn1C1CCCC1. The van der Waals surface area contributed by atoms with Gasteiger partial charge in [0.1, 0.15) is 12.2 Å². The largest absolute Gasteiger partial charge is 0.480 e. The van der Waals surface area contributed by atoms with Crippen molar-refractivity contribution in [3.05, 3.63) is 18.0 Å². The van der Waals surface area contributed by atoms with Gasteiger partial charge in [0.2, 0.25) is 0 Å². The number of carbonyl (C=O) groups is 2. The van der Waals surface area contributed by atoms with Crippen LogP contribution in [0.4, 0.5) is 0 Å². The van der Waals surface area contributed by atoms with Crippen LogP contribution in [0.2, 0.25) is 0 Å². The molecule has 1 aromatic rings. The van der Waals surface area contributed by atoms with Crippen molar-refractivity contribution in [1.29, 1.82) is 0 Å². The van der Waals surface area contributed by atoms with Crippen molar-refractivity contribution in [2.75, 3.05) is 13.6 Å². The molecule has 0 bridgehead atoms. The molecule has 2 rings (SSSR count). The summed E-state index contributed by atoms with van der Waals surface area (Å²) in [5, 5.41) is 12.9. The standard InChI is InChI=1S/C12H17N3O3/c1-14(8-11(16)17)12(18)10-6-7-13-15(10)9-4-2-3-5-9/h6-7,9H,2-5,8H2,1H3,(H,16,17). The van der Waals surface area contributed by atoms with E-state index in [1.165, 1.54) is 11.9 Å². The summed E-state index contributed by atoms with van der Waals surface area (Å²) < 4.78 is 1.74. The van der Waals surface area contributed by atoms with Crippen LogP contribution in [0.3, 0.4) is 0 Å². The molecule has 0 aromatic carbocycles. The lowest BCUT2D eigenvalue weighted by Gasteiger charge is -2.18. The third-order valence-electron chi connectivity index (χ3n) is 3.28. The number of aromatic nitrogens is 2. The second-order valence-corrected chi connectivity index (χ2v) is 4.65. The van der Waals surface area contributed by atoms with Crippen molar-refractivity contribution in [3.63, 3.8) is 0 Å². The summed E-state index contributed by atoms with van der Waals surface area (Å²) in [5.74, 6) is -1.31. The van der Waals surface area contributed by atoms with Crippen molar-refractivity contribution in [2.24, 2.45) is 0 Å². The Kier molecular flexibility index (Phi) is 3.64. The van der Waals surface area contributed by atoms with Gasteiger partial charge in [-0.25, -0.2) is 0 Å². The average Bonchev–Trinajstić information content (AvgIpc) is 2.97. The number of hydrogen-bond acceptors (Lipinski definition) is 3. The van der Waals surface area contributed by atoms with Gasteiger partial charge in [-0.2, -0.15) is 5.10 Å². The van der Waals surface area contributed by atoms with E-state index in [0.717, 1.165) is 25.7 Å². The number of carboxylic acid groups (broad SMARTS) is 1. The van der Waals surface area contributed by atoms with Crippen LogP contribution in [0.25, 0.3) is 0 Å². The average molecular weight is 251 g/mol. The number of carbonyl (C=O) groups excluding carboxylic acids is 1. The molecule has 1 aromatic heterocycles. The number of aliphatic carboxylic acids is 1. The van der Waals surface area contributed by atoms with Crippen molar-refractivity contribution in [2.45, 2.75) is 31.7 Å². The van der Waals surface area contributed by atoms with Crippen LogP contribution in [0.15, 0.2) is 12.3 Å². The van der Waals surface area contributed by atoms with Gasteiger partial charge in [0, 0.05) is 13.2 Å². The Morgan fingerprint density at radius 1 is 1.50 bits per heavy atom. The van der Waals surface area contributed by atoms with E-state index in [1.807, 2.05) is 0 Å². The number of likely N-dealkylation sites (N-methyl/N-ethyl adjacent to an activating group) is 1. The Bertz CT molecular complexity index is 449. The van der Waals surface area contributed by atoms with Gasteiger partial charge in [0.15, 0.2) is 0 Å². The number of rotatable bonds is 4. The van der Waals surface area contributed by atoms with Crippen molar-refractivity contribution in [1.82, 2.24) is 14.7 Å². The Hall–Kier alpha value is -1.85. The molecule has 1 aliphatic carbocycles. The molecule has 1 aliphatic rings. The van der Waals surface area contributed by atoms with E-state index in [4.69, 9.17) is 5.11 Å². The highest BCUT2D eigenvalue weighted by Gasteiger charge is 2.24. The van der Waals surface area contributed by atoms with Gasteiger partial charge in [0.25, 0.3) is 5.91 Å². The predicted molar refractivity (Wildman–Crippen MR) is 64.3 cm³/mol. The highest BCUT2D eigenvalue weighted by atomic mass is 16.4. The molecule has 1 heterocycles. The van der Waals surface area contributed by atoms with Crippen LogP contribution < -0.4 is 0 Å². The molecule has 1 saturated carbocycles. The fraction of sp³-hybridized carbons (Fsp3) is 0.583. The molecule has 1 fully saturated rings. The molecule has 0 atom stereocenters. The molecule has 1 amide bonds. The van der Waals surface area contributed by atoms with Gasteiger partial charge < -0.3 is 10.0 Å². The summed E-state index contributed by atoms with van der Waals surface area (Å²) in [4.78, 5) is 23.9. The smallest absolute Gasteiger partial charge is 0.323 e. The highest BCUT2D eigenvalue weighted by molar-refractivity contribution is 5.94. The van der Waals surface area contributed by atoms with Crippen LogP contribution in [0.5, 0.6) is 0 Å². The molecule has 0 spiro atoms. The minimum Gasteiger partial charge on any atom is -0.480 e. The van der Waals surface area contributed by atoms with E-state index >= 15 is 0 Å². The summed E-state index contributed by atoms with van der Waals surface area (Å²) in [6, 6.07) is 1.93. The number of hydrogen-bond donors (Lipinski definition) is 1. The first-order valence-electron chi connectivity index (χ1n) is 6.10. The molecule has 0 unspecified atom stereocenters. The van der Waals surface area contributed by atoms with E-state index in [9.17, 15) is 9.59 Å². The van der Waals surface area contributed by atoms with Gasteiger partial charge in [-0.05, 0) is 18.9 Å². The number of carboxylic acids is 1. The zero-order valence-corrected chi connectivity index (χ0v) is 10.4. The molecule has 0 saturated heterocycles. The molecular weight excluding hydrogens is 234 g/mol. The second-order valence-electron chi connectivity index (χ2n) is 4.65. The maximum Gasteiger partial charge on any atom is 0.323 e. The van der Waals surface area contributed by atoms with Crippen LogP contribution in [0.1, 0.15) is 42.2 Å². The zero-order chi connectivity index (χ0) is 13.1. The molecular formula is C12H17N3O3. The van der Waals surface area contributed by atoms with Gasteiger partial charge >= 0.3 is 5.97 Å². The minimum absolute atomic E-state index is 0.275. The highest BCUT2D eigenvalue weighted by Crippen LogP contribution is 2.29. The summed E-state index contributed by atoms with van der Waals surface area (Å²) >= 11 is 0. The summed E-state index contributed by atoms with van der Waals surface area (Å²) in [5.41, 5.74) is 0.477. The van der Waals surface area contributed by atoms with Gasteiger partial charge in [-0.1, -0.05) is 12.8 Å².